The molecule has 3 aromatic carbocycles. The van der Waals surface area contributed by atoms with Crippen LogP contribution < -0.4 is 5.32 Å². The van der Waals surface area contributed by atoms with E-state index in [9.17, 15) is 22.4 Å². The number of rotatable bonds is 2. The Morgan fingerprint density at radius 2 is 1.78 bits per heavy atom. The molecule has 4 rings (SSSR count). The zero-order valence-corrected chi connectivity index (χ0v) is 16.7. The van der Waals surface area contributed by atoms with Crippen molar-refractivity contribution in [1.29, 1.82) is 5.26 Å². The Morgan fingerprint density at radius 3 is 2.47 bits per heavy atom. The zero-order valence-electron chi connectivity index (χ0n) is 16.7. The number of carbonyl (C=O) groups excluding carboxylic acids is 1. The van der Waals surface area contributed by atoms with Gasteiger partial charge < -0.3 is 10.2 Å². The van der Waals surface area contributed by atoms with Crippen molar-refractivity contribution in [3.05, 3.63) is 100 Å². The summed E-state index contributed by atoms with van der Waals surface area (Å²) in [5, 5.41) is 11.7. The highest BCUT2D eigenvalue weighted by Crippen LogP contribution is 2.37. The number of amides is 2. The van der Waals surface area contributed by atoms with Crippen molar-refractivity contribution in [2.45, 2.75) is 18.6 Å². The van der Waals surface area contributed by atoms with Crippen LogP contribution >= 0.6 is 0 Å². The normalized spacial score (nSPS) is 15.6. The smallest absolute Gasteiger partial charge is 0.313 e. The molecule has 0 spiro atoms. The van der Waals surface area contributed by atoms with E-state index in [-0.39, 0.29) is 11.3 Å². The predicted octanol–water partition coefficient (Wildman–Crippen LogP) is 5.90. The lowest BCUT2D eigenvalue weighted by atomic mass is 9.88. The number of halogens is 4. The molecule has 8 heteroatoms. The average molecular weight is 439 g/mol. The minimum atomic E-state index is -4.46. The first-order valence-electron chi connectivity index (χ1n) is 9.80. The van der Waals surface area contributed by atoms with E-state index in [1.807, 2.05) is 24.3 Å². The molecule has 0 fully saturated rings. The average Bonchev–Trinajstić information content (AvgIpc) is 2.79. The summed E-state index contributed by atoms with van der Waals surface area (Å²) >= 11 is 0. The lowest BCUT2D eigenvalue weighted by Gasteiger charge is -2.37. The van der Waals surface area contributed by atoms with Crippen molar-refractivity contribution in [2.75, 3.05) is 11.9 Å². The molecular weight excluding hydrogens is 422 g/mol. The number of hydrogen-bond donors (Lipinski definition) is 1. The highest BCUT2D eigenvalue weighted by molar-refractivity contribution is 5.90. The topological polar surface area (TPSA) is 56.1 Å². The Morgan fingerprint density at radius 1 is 1.06 bits per heavy atom. The highest BCUT2D eigenvalue weighted by atomic mass is 19.4. The van der Waals surface area contributed by atoms with Gasteiger partial charge in [-0.3, -0.25) is 0 Å². The molecule has 0 aromatic heterocycles. The second kappa shape index (κ2) is 8.35. The first kappa shape index (κ1) is 21.4. The summed E-state index contributed by atoms with van der Waals surface area (Å²) in [6, 6.07) is 16.5. The Hall–Kier alpha value is -3.86. The van der Waals surface area contributed by atoms with Crippen molar-refractivity contribution >= 4 is 11.7 Å². The third-order valence-corrected chi connectivity index (χ3v) is 5.44. The second-order valence-electron chi connectivity index (χ2n) is 7.40. The number of hydrogen-bond acceptors (Lipinski definition) is 2. The SMILES string of the molecule is N#Cc1cc(NC(=O)N2CCc3ccccc3C2c2ccc(C(F)(F)F)cc2)ccc1F. The van der Waals surface area contributed by atoms with Gasteiger partial charge in [-0.05, 0) is 53.4 Å². The minimum absolute atomic E-state index is 0.203. The minimum Gasteiger partial charge on any atom is -0.313 e. The van der Waals surface area contributed by atoms with Gasteiger partial charge in [0, 0.05) is 12.2 Å². The largest absolute Gasteiger partial charge is 0.416 e. The van der Waals surface area contributed by atoms with Gasteiger partial charge >= 0.3 is 12.2 Å². The molecule has 1 unspecified atom stereocenters. The summed E-state index contributed by atoms with van der Waals surface area (Å²) in [7, 11) is 0. The highest BCUT2D eigenvalue weighted by Gasteiger charge is 2.34. The first-order valence-corrected chi connectivity index (χ1v) is 9.80. The predicted molar refractivity (Wildman–Crippen MR) is 110 cm³/mol. The van der Waals surface area contributed by atoms with Gasteiger partial charge in [0.15, 0.2) is 0 Å². The van der Waals surface area contributed by atoms with Crippen LogP contribution in [0.2, 0.25) is 0 Å². The monoisotopic (exact) mass is 439 g/mol. The van der Waals surface area contributed by atoms with Gasteiger partial charge in [-0.1, -0.05) is 36.4 Å². The molecule has 0 aliphatic carbocycles. The summed E-state index contributed by atoms with van der Waals surface area (Å²) < 4.78 is 52.6. The van der Waals surface area contributed by atoms with Crippen molar-refractivity contribution in [1.82, 2.24) is 4.90 Å². The Bertz CT molecular complexity index is 1200. The van der Waals surface area contributed by atoms with Crippen LogP contribution in [0.5, 0.6) is 0 Å². The third-order valence-electron chi connectivity index (χ3n) is 5.44. The summed E-state index contributed by atoms with van der Waals surface area (Å²) in [6.07, 6.45) is -3.88. The molecule has 0 saturated heterocycles. The van der Waals surface area contributed by atoms with Gasteiger partial charge in [-0.15, -0.1) is 0 Å². The molecule has 1 aliphatic rings. The van der Waals surface area contributed by atoms with Crippen molar-refractivity contribution in [2.24, 2.45) is 0 Å². The standard InChI is InChI=1S/C24H17F4N3O/c25-21-10-9-19(13-17(21)14-29)30-23(32)31-12-11-15-3-1-2-4-20(15)22(31)16-5-7-18(8-6-16)24(26,27)28/h1-10,13,22H,11-12H2,(H,30,32). The van der Waals surface area contributed by atoms with Crippen LogP contribution in [0.4, 0.5) is 28.0 Å². The van der Waals surface area contributed by atoms with Gasteiger partial charge in [0.25, 0.3) is 0 Å². The Kier molecular flexibility index (Phi) is 5.57. The maximum atomic E-state index is 13.6. The fourth-order valence-corrected chi connectivity index (χ4v) is 3.88. The van der Waals surface area contributed by atoms with Crippen LogP contribution in [0.25, 0.3) is 0 Å². The van der Waals surface area contributed by atoms with Gasteiger partial charge in [0.2, 0.25) is 0 Å². The molecule has 1 heterocycles. The third kappa shape index (κ3) is 4.14. The summed E-state index contributed by atoms with van der Waals surface area (Å²) in [4.78, 5) is 14.7. The van der Waals surface area contributed by atoms with Crippen LogP contribution in [0, 0.1) is 17.1 Å². The number of fused-ring (bicyclic) bond motifs is 1. The zero-order chi connectivity index (χ0) is 22.9. The number of urea groups is 1. The van der Waals surface area contributed by atoms with E-state index >= 15 is 0 Å². The van der Waals surface area contributed by atoms with Crippen molar-refractivity contribution in [3.8, 4) is 6.07 Å². The molecule has 3 aromatic rings. The molecule has 2 amide bonds. The molecule has 1 atom stereocenters. The number of anilines is 1. The maximum Gasteiger partial charge on any atom is 0.416 e. The molecule has 0 saturated carbocycles. The van der Waals surface area contributed by atoms with Gasteiger partial charge in [-0.25, -0.2) is 9.18 Å². The molecule has 0 radical (unpaired) electrons. The molecule has 32 heavy (non-hydrogen) atoms. The summed E-state index contributed by atoms with van der Waals surface area (Å²) in [6.45, 7) is 0.334. The summed E-state index contributed by atoms with van der Waals surface area (Å²) in [5.74, 6) is -0.694. The quantitative estimate of drug-likeness (QED) is 0.506. The van der Waals surface area contributed by atoms with Crippen LogP contribution in [-0.4, -0.2) is 17.5 Å². The number of benzene rings is 3. The van der Waals surface area contributed by atoms with E-state index in [1.165, 1.54) is 29.2 Å². The molecule has 1 N–H and O–H groups in total. The fourth-order valence-electron chi connectivity index (χ4n) is 3.88. The van der Waals surface area contributed by atoms with E-state index in [0.717, 1.165) is 29.3 Å². The lowest BCUT2D eigenvalue weighted by molar-refractivity contribution is -0.137. The van der Waals surface area contributed by atoms with Gasteiger partial charge in [0.05, 0.1) is 17.2 Å². The molecule has 162 valence electrons. The Balaban J connectivity index is 1.69. The number of nitrogens with zero attached hydrogens (tertiary/aromatic N) is 2. The van der Waals surface area contributed by atoms with Crippen LogP contribution in [0.3, 0.4) is 0 Å². The maximum absolute atomic E-state index is 13.6. The lowest BCUT2D eigenvalue weighted by Crippen LogP contribution is -2.43. The second-order valence-corrected chi connectivity index (χ2v) is 7.40. The molecule has 1 aliphatic heterocycles. The molecule has 4 nitrogen and oxygen atoms in total. The van der Waals surface area contributed by atoms with E-state index in [0.29, 0.717) is 18.5 Å². The van der Waals surface area contributed by atoms with E-state index in [4.69, 9.17) is 5.26 Å². The van der Waals surface area contributed by atoms with Crippen LogP contribution in [-0.2, 0) is 12.6 Å². The fraction of sp³-hybridized carbons (Fsp3) is 0.167. The van der Waals surface area contributed by atoms with Gasteiger partial charge in [0.1, 0.15) is 11.9 Å². The number of carbonyl (C=O) groups is 1. The Labute approximate surface area is 181 Å². The number of nitriles is 1. The molecular formula is C24H17F4N3O. The van der Waals surface area contributed by atoms with Crippen molar-refractivity contribution in [3.63, 3.8) is 0 Å². The van der Waals surface area contributed by atoms with E-state index < -0.39 is 29.6 Å². The van der Waals surface area contributed by atoms with Crippen LogP contribution in [0.15, 0.2) is 66.7 Å². The molecule has 0 bridgehead atoms. The number of alkyl halides is 3. The van der Waals surface area contributed by atoms with E-state index in [2.05, 4.69) is 5.32 Å². The first-order chi connectivity index (χ1) is 15.3. The van der Waals surface area contributed by atoms with E-state index in [1.54, 1.807) is 6.07 Å². The van der Waals surface area contributed by atoms with Crippen LogP contribution in [0.1, 0.15) is 33.9 Å². The number of nitrogens with one attached hydrogen (secondary N) is 1. The van der Waals surface area contributed by atoms with Gasteiger partial charge in [-0.2, -0.15) is 18.4 Å². The van der Waals surface area contributed by atoms with Crippen molar-refractivity contribution < 1.29 is 22.4 Å². The summed E-state index contributed by atoms with van der Waals surface area (Å²) in [5.41, 5.74) is 1.65.